The number of aryl methyl sites for hydroxylation is 6. The van der Waals surface area contributed by atoms with Gasteiger partial charge in [0, 0.05) is 121 Å². The summed E-state index contributed by atoms with van der Waals surface area (Å²) in [5.74, 6) is -3.96. The predicted molar refractivity (Wildman–Crippen MR) is 541 cm³/mol. The molecule has 0 bridgehead atoms. The highest BCUT2D eigenvalue weighted by Crippen LogP contribution is 2.34. The molecule has 6 aromatic heterocycles. The minimum absolute atomic E-state index is 0.0494. The van der Waals surface area contributed by atoms with Gasteiger partial charge in [-0.25, -0.2) is 46.4 Å². The van der Waals surface area contributed by atoms with E-state index < -0.39 is 84.6 Å². The van der Waals surface area contributed by atoms with Gasteiger partial charge in [-0.3, -0.25) is 48.3 Å². The highest BCUT2D eigenvalue weighted by atomic mass is 32.2. The maximum atomic E-state index is 14.1. The first kappa shape index (κ1) is 104. The lowest BCUT2D eigenvalue weighted by Gasteiger charge is -2.19. The van der Waals surface area contributed by atoms with Crippen molar-refractivity contribution in [2.75, 3.05) is 98.2 Å². The van der Waals surface area contributed by atoms with Crippen molar-refractivity contribution in [1.82, 2.24) is 71.8 Å². The highest BCUT2D eigenvalue weighted by Gasteiger charge is 2.31. The molecule has 2 unspecified atom stereocenters. The number of carbonyl (C=O) groups is 8. The summed E-state index contributed by atoms with van der Waals surface area (Å²) in [4.78, 5) is 162. The number of thioether (sulfide) groups is 1. The summed E-state index contributed by atoms with van der Waals surface area (Å²) in [5, 5.41) is 35.3. The molecule has 15 N–H and O–H groups in total. The van der Waals surface area contributed by atoms with Crippen LogP contribution in [0.15, 0.2) is 216 Å². The second kappa shape index (κ2) is 47.9. The Morgan fingerprint density at radius 2 is 0.807 bits per heavy atom. The Hall–Kier alpha value is -16.4. The van der Waals surface area contributed by atoms with Crippen molar-refractivity contribution in [3.8, 4) is 17.2 Å². The first-order valence-electron chi connectivity index (χ1n) is 45.7. The van der Waals surface area contributed by atoms with E-state index in [1.165, 1.54) is 36.3 Å². The molecule has 6 amide bonds. The number of nitrogen functional groups attached to an aromatic ring is 2. The maximum absolute atomic E-state index is 14.1. The Kier molecular flexibility index (Phi) is 34.5. The summed E-state index contributed by atoms with van der Waals surface area (Å²) < 4.78 is 95.4. The molecule has 44 heteroatoms. The number of hydrogen-bond acceptors (Lipinski definition) is 32. The number of aromatic nitrogens is 10. The van der Waals surface area contributed by atoms with Gasteiger partial charge in [-0.2, -0.15) is 30.9 Å². The number of aromatic hydroxyl groups is 1. The van der Waals surface area contributed by atoms with Crippen LogP contribution < -0.4 is 83.7 Å². The lowest BCUT2D eigenvalue weighted by atomic mass is 10.0. The van der Waals surface area contributed by atoms with E-state index >= 15 is 0 Å². The number of nitrogens with two attached hydrogens (primary N) is 2. The number of pyridine rings is 2. The van der Waals surface area contributed by atoms with Crippen molar-refractivity contribution in [3.63, 3.8) is 0 Å². The van der Waals surface area contributed by atoms with Crippen LogP contribution in [0, 0.1) is 27.7 Å². The van der Waals surface area contributed by atoms with Gasteiger partial charge >= 0.3 is 11.9 Å². The molecular weight excluding hydrogens is 1930 g/mol. The number of benzene rings is 9. The monoisotopic (exact) mass is 2030 g/mol. The van der Waals surface area contributed by atoms with Gasteiger partial charge < -0.3 is 87.2 Å². The highest BCUT2D eigenvalue weighted by molar-refractivity contribution is 7.98. The van der Waals surface area contributed by atoms with Crippen molar-refractivity contribution in [2.24, 2.45) is 0 Å². The number of para-hydroxylation sites is 4. The molecule has 15 rings (SSSR count). The number of phenolic OH excluding ortho intramolecular Hbond substituents is 1. The summed E-state index contributed by atoms with van der Waals surface area (Å²) in [6, 6.07) is 52.9. The van der Waals surface area contributed by atoms with Crippen molar-refractivity contribution >= 4 is 169 Å². The number of esters is 2. The van der Waals surface area contributed by atoms with Crippen molar-refractivity contribution < 1.29 is 97.5 Å². The number of H-pyrrole nitrogens is 2. The Bertz CT molecular complexity index is 7660. The second-order valence-electron chi connectivity index (χ2n) is 33.5. The van der Waals surface area contributed by atoms with E-state index in [2.05, 4.69) is 82.4 Å². The van der Waals surface area contributed by atoms with Crippen LogP contribution in [0.4, 0.5) is 23.3 Å². The topological polar surface area (TPSA) is 607 Å². The molecule has 6 heterocycles. The predicted octanol–water partition coefficient (Wildman–Crippen LogP) is 7.18. The molecule has 0 saturated carbocycles. The molecule has 0 aliphatic rings. The normalized spacial score (nSPS) is 11.9. The maximum Gasteiger partial charge on any atom is 0.345 e. The fourth-order valence-corrected chi connectivity index (χ4v) is 17.8. The zero-order valence-electron chi connectivity index (χ0n) is 79.1. The third-order valence-corrected chi connectivity index (χ3v) is 25.2. The van der Waals surface area contributed by atoms with Gasteiger partial charge in [-0.1, -0.05) is 60.7 Å². The van der Waals surface area contributed by atoms with E-state index in [0.29, 0.717) is 134 Å². The Balaban J connectivity index is 0.000000230. The average molecular weight is 2030 g/mol. The van der Waals surface area contributed by atoms with E-state index in [-0.39, 0.29) is 167 Å². The average Bonchev–Trinajstić information content (AvgIpc) is 0.746. The summed E-state index contributed by atoms with van der Waals surface area (Å²) in [7, 11) is -8.82. The van der Waals surface area contributed by atoms with Crippen molar-refractivity contribution in [2.45, 2.75) is 85.2 Å². The summed E-state index contributed by atoms with van der Waals surface area (Å²) in [5.41, 5.74) is 20.3. The van der Waals surface area contributed by atoms with Crippen LogP contribution in [0.5, 0.6) is 17.2 Å². The number of hydrogen-bond donors (Lipinski definition) is 13. The van der Waals surface area contributed by atoms with E-state index in [1.54, 1.807) is 173 Å². The SMILES string of the molecule is CSCC(NC(=O)c1ccc(NCc2cnc3nc(N)[nH]c(=O)c3n2)cc1)C(=O)NCCOCCNC(=O)c1cc(C)c(OC(=O)c2c3ccccc3[n+](CCCS(=O)(=O)[O-])c3ccccc23)c(C)c1.Cc1cc(C(=O)NCCOCCNC(=O)C(Cc2ccc(O)cc2)NC(=O)c2ccc(NCc3cnc4nc(N)[nH]c(=O)c4n3)cc2)cc(C)c1OC(=O)c1c2ccccc2[n+](CCCS(=O)(=O)[O-])c2ccccc12. The number of carbonyl (C=O) groups excluding carboxylic acids is 8. The minimum atomic E-state index is -4.42. The van der Waals surface area contributed by atoms with Gasteiger partial charge in [0.2, 0.25) is 45.8 Å². The van der Waals surface area contributed by atoms with E-state index in [9.17, 15) is 79.0 Å². The van der Waals surface area contributed by atoms with Crippen LogP contribution >= 0.6 is 11.8 Å². The molecule has 15 aromatic rings. The van der Waals surface area contributed by atoms with Gasteiger partial charge in [-0.05, 0) is 171 Å². The Labute approximate surface area is 833 Å². The van der Waals surface area contributed by atoms with Gasteiger partial charge in [-0.15, -0.1) is 0 Å². The van der Waals surface area contributed by atoms with Gasteiger partial charge in [0.15, 0.2) is 35.4 Å². The van der Waals surface area contributed by atoms with Gasteiger partial charge in [0.05, 0.1) is 116 Å². The third kappa shape index (κ3) is 27.5. The fourth-order valence-electron chi connectivity index (χ4n) is 16.2. The number of amides is 6. The number of ether oxygens (including phenoxy) is 4. The van der Waals surface area contributed by atoms with Crippen LogP contribution in [0.1, 0.15) is 114 Å². The number of anilines is 4. The molecule has 0 fully saturated rings. The molecule has 0 saturated heterocycles. The van der Waals surface area contributed by atoms with Crippen molar-refractivity contribution in [1.29, 1.82) is 0 Å². The standard InChI is InChI=1S/C53H52N10O11S.C48H50N10O10S2/c1-31-26-35(27-32(2)46(31)74-52(69)44-39-8-3-5-10-42(39)63(22-7-25-75(70,71)72)43-11-6-4-9-40(43)44)48(65)55-20-23-73-24-21-56-50(67)41(28-33-12-18-38(64)19-13-33)60-49(66)34-14-16-36(17-15-34)57-29-37-30-58-47-45(59-37)51(68)62-53(54)61-47;1-28-23-31(24-29(2)41(28)68-47(63)39-34-9-4-6-11-37(34)58(19-8-22-70(64,65)66)38-12-7-5-10-35(38)39)43(59)50-17-20-67-21-18-51-45(61)36(27-69-3)55-44(60)30-13-15-32(16-14-30)52-25-33-26-53-42-40(54-33)46(62)57-48(49)56-42/h3-6,8-19,26-27,30,41H,7,20-25,28-29H2,1-2H3,(H8-,54,55,56,57,58,60,61,62,64,65,66,67,68,70,71,72);4-7,9-16,23-24,26,36H,8,17-22,25,27H2,1-3H3,(H7-,49,50,51,52,53,55,56,57,59,60,61,62,64,65,66). The molecule has 0 spiro atoms. The zero-order chi connectivity index (χ0) is 103. The molecule has 0 aliphatic carbocycles. The zero-order valence-corrected chi connectivity index (χ0v) is 81.5. The molecule has 0 aliphatic heterocycles. The first-order chi connectivity index (χ1) is 69.6. The molecule has 145 heavy (non-hydrogen) atoms. The lowest BCUT2D eigenvalue weighted by molar-refractivity contribution is -0.645. The van der Waals surface area contributed by atoms with Crippen LogP contribution in [-0.4, -0.2) is 207 Å². The van der Waals surface area contributed by atoms with Crippen LogP contribution in [0.3, 0.4) is 0 Å². The second-order valence-corrected chi connectivity index (χ2v) is 37.5. The van der Waals surface area contributed by atoms with E-state index in [1.807, 2.05) is 51.8 Å². The number of phenols is 1. The summed E-state index contributed by atoms with van der Waals surface area (Å²) >= 11 is 1.40. The van der Waals surface area contributed by atoms with Crippen LogP contribution in [0.25, 0.3) is 65.9 Å². The number of aromatic amines is 2. The smallest absolute Gasteiger partial charge is 0.345 e. The number of nitrogens with zero attached hydrogens (tertiary/aromatic N) is 8. The fraction of sp³-hybridized carbons (Fsp3) is 0.248. The van der Waals surface area contributed by atoms with Gasteiger partial charge in [0.25, 0.3) is 34.7 Å². The number of fused-ring (bicyclic) bond motifs is 6. The van der Waals surface area contributed by atoms with Crippen molar-refractivity contribution in [3.05, 3.63) is 300 Å². The van der Waals surface area contributed by atoms with Crippen LogP contribution in [-0.2, 0) is 71.9 Å². The third-order valence-electron chi connectivity index (χ3n) is 23.0. The summed E-state index contributed by atoms with van der Waals surface area (Å²) in [6.45, 7) is 8.96. The summed E-state index contributed by atoms with van der Waals surface area (Å²) in [6.07, 6.45) is 5.09. The number of nitrogens with one attached hydrogen (secondary N) is 10. The molecule has 41 nitrogen and oxygen atoms in total. The molecular formula is C101H102N20O21S3. The van der Waals surface area contributed by atoms with Crippen LogP contribution in [0.2, 0.25) is 0 Å². The van der Waals surface area contributed by atoms with E-state index in [4.69, 9.17) is 30.4 Å². The molecule has 750 valence electrons. The number of rotatable bonds is 42. The minimum Gasteiger partial charge on any atom is -0.748 e. The first-order valence-corrected chi connectivity index (χ1v) is 50.2. The van der Waals surface area contributed by atoms with E-state index in [0.717, 1.165) is 0 Å². The Morgan fingerprint density at radius 3 is 1.17 bits per heavy atom. The molecule has 2 atom stereocenters. The molecule has 0 radical (unpaired) electrons. The molecule has 9 aromatic carbocycles. The lowest BCUT2D eigenvalue weighted by Crippen LogP contribution is -2.49. The quantitative estimate of drug-likeness (QED) is 0.00450. The largest absolute Gasteiger partial charge is 0.748 e. The van der Waals surface area contributed by atoms with Gasteiger partial charge in [0.1, 0.15) is 29.3 Å². The Morgan fingerprint density at radius 1 is 0.455 bits per heavy atom.